The second kappa shape index (κ2) is 9.77. The molecule has 0 spiro atoms. The molecule has 1 aliphatic heterocycles. The molecule has 3 aromatic carbocycles. The van der Waals surface area contributed by atoms with E-state index in [1.165, 1.54) is 16.4 Å². The van der Waals surface area contributed by atoms with E-state index in [0.29, 0.717) is 18.7 Å². The summed E-state index contributed by atoms with van der Waals surface area (Å²) in [4.78, 5) is 15.3. The Bertz CT molecular complexity index is 1190. The highest BCUT2D eigenvalue weighted by molar-refractivity contribution is 7.89. The summed E-state index contributed by atoms with van der Waals surface area (Å²) < 4.78 is 27.0. The smallest absolute Gasteiger partial charge is 0.258 e. The number of carbonyl (C=O) groups excluding carboxylic acids is 1. The molecule has 1 aliphatic rings. The van der Waals surface area contributed by atoms with Gasteiger partial charge in [-0.25, -0.2) is 8.42 Å². The van der Waals surface area contributed by atoms with Crippen molar-refractivity contribution in [3.05, 3.63) is 84.4 Å². The molecule has 0 atom stereocenters. The molecule has 1 amide bonds. The van der Waals surface area contributed by atoms with Gasteiger partial charge in [-0.3, -0.25) is 4.79 Å². The Hall–Kier alpha value is -3.16. The third-order valence-electron chi connectivity index (χ3n) is 5.75. The molecule has 0 aromatic heterocycles. The van der Waals surface area contributed by atoms with Crippen molar-refractivity contribution in [2.24, 2.45) is 0 Å². The largest absolute Gasteiger partial charge is 0.356 e. The first kappa shape index (κ1) is 23.0. The Balaban J connectivity index is 1.52. The average Bonchev–Trinajstić information content (AvgIpc) is 3.37. The number of nitrogens with one attached hydrogen (secondary N) is 1. The lowest BCUT2D eigenvalue weighted by atomic mass is 10.1. The molecule has 0 radical (unpaired) electrons. The number of rotatable bonds is 7. The van der Waals surface area contributed by atoms with Crippen LogP contribution in [0.1, 0.15) is 37.0 Å². The lowest BCUT2D eigenvalue weighted by molar-refractivity contribution is 0.0980. The molecule has 172 valence electrons. The summed E-state index contributed by atoms with van der Waals surface area (Å²) in [7, 11) is -3.50. The zero-order chi connectivity index (χ0) is 23.4. The van der Waals surface area contributed by atoms with Gasteiger partial charge in [0.25, 0.3) is 5.91 Å². The number of nitrogens with zero attached hydrogens (tertiary/aromatic N) is 2. The average molecular weight is 464 g/mol. The van der Waals surface area contributed by atoms with Crippen molar-refractivity contribution in [2.75, 3.05) is 23.3 Å². The minimum absolute atomic E-state index is 0.0709. The van der Waals surface area contributed by atoms with Crippen molar-refractivity contribution in [1.29, 1.82) is 0 Å². The van der Waals surface area contributed by atoms with Crippen molar-refractivity contribution < 1.29 is 13.2 Å². The van der Waals surface area contributed by atoms with E-state index in [0.717, 1.165) is 29.9 Å². The number of para-hydroxylation sites is 1. The van der Waals surface area contributed by atoms with Gasteiger partial charge in [-0.05, 0) is 87.4 Å². The maximum atomic E-state index is 13.3. The van der Waals surface area contributed by atoms with E-state index >= 15 is 0 Å². The molecule has 0 aliphatic carbocycles. The number of carbonyl (C=O) groups is 1. The summed E-state index contributed by atoms with van der Waals surface area (Å²) in [6.07, 6.45) is 1.78. The number of anilines is 3. The molecular weight excluding hydrogens is 434 g/mol. The molecule has 1 fully saturated rings. The van der Waals surface area contributed by atoms with E-state index < -0.39 is 10.0 Å². The maximum absolute atomic E-state index is 13.3. The van der Waals surface area contributed by atoms with Gasteiger partial charge in [-0.15, -0.1) is 0 Å². The number of hydrogen-bond acceptors (Lipinski definition) is 4. The zero-order valence-electron chi connectivity index (χ0n) is 18.9. The van der Waals surface area contributed by atoms with Crippen molar-refractivity contribution in [1.82, 2.24) is 4.31 Å². The molecule has 4 rings (SSSR count). The third kappa shape index (κ3) is 5.10. The van der Waals surface area contributed by atoms with Gasteiger partial charge in [0.05, 0.1) is 4.90 Å². The van der Waals surface area contributed by atoms with Gasteiger partial charge in [-0.2, -0.15) is 4.31 Å². The molecule has 0 saturated carbocycles. The van der Waals surface area contributed by atoms with Crippen LogP contribution in [0.25, 0.3) is 0 Å². The van der Waals surface area contributed by atoms with E-state index in [-0.39, 0.29) is 16.8 Å². The lowest BCUT2D eigenvalue weighted by Crippen LogP contribution is -2.37. The van der Waals surface area contributed by atoms with Gasteiger partial charge in [0.15, 0.2) is 0 Å². The first-order chi connectivity index (χ1) is 15.9. The van der Waals surface area contributed by atoms with Crippen LogP contribution in [0.5, 0.6) is 0 Å². The van der Waals surface area contributed by atoms with Crippen LogP contribution in [0.3, 0.4) is 0 Å². The monoisotopic (exact) mass is 463 g/mol. The predicted molar refractivity (Wildman–Crippen MR) is 133 cm³/mol. The summed E-state index contributed by atoms with van der Waals surface area (Å²) in [5.74, 6) is -0.168. The Kier molecular flexibility index (Phi) is 6.81. The van der Waals surface area contributed by atoms with Crippen molar-refractivity contribution in [2.45, 2.75) is 37.6 Å². The normalized spacial score (nSPS) is 14.4. The van der Waals surface area contributed by atoms with E-state index in [4.69, 9.17) is 0 Å². The van der Waals surface area contributed by atoms with Crippen molar-refractivity contribution in [3.8, 4) is 0 Å². The van der Waals surface area contributed by atoms with Gasteiger partial charge in [-0.1, -0.05) is 18.2 Å². The van der Waals surface area contributed by atoms with E-state index in [1.807, 2.05) is 68.4 Å². The molecule has 6 nitrogen and oxygen atoms in total. The van der Waals surface area contributed by atoms with Crippen LogP contribution in [0.4, 0.5) is 17.1 Å². The van der Waals surface area contributed by atoms with Crippen LogP contribution < -0.4 is 10.2 Å². The molecular formula is C26H29N3O3S. The Morgan fingerprint density at radius 2 is 1.42 bits per heavy atom. The number of hydrogen-bond donors (Lipinski definition) is 1. The van der Waals surface area contributed by atoms with Crippen molar-refractivity contribution in [3.63, 3.8) is 0 Å². The van der Waals surface area contributed by atoms with Gasteiger partial charge in [0.1, 0.15) is 0 Å². The lowest BCUT2D eigenvalue weighted by Gasteiger charge is -2.27. The zero-order valence-corrected chi connectivity index (χ0v) is 19.8. The fourth-order valence-electron chi connectivity index (χ4n) is 4.03. The Morgan fingerprint density at radius 1 is 0.848 bits per heavy atom. The van der Waals surface area contributed by atoms with Gasteiger partial charge < -0.3 is 10.2 Å². The molecule has 7 heteroatoms. The molecule has 0 unspecified atom stereocenters. The summed E-state index contributed by atoms with van der Waals surface area (Å²) in [5.41, 5.74) is 3.15. The van der Waals surface area contributed by atoms with Gasteiger partial charge in [0, 0.05) is 41.8 Å². The summed E-state index contributed by atoms with van der Waals surface area (Å²) in [5, 5.41) is 3.34. The molecule has 1 N–H and O–H groups in total. The quantitative estimate of drug-likeness (QED) is 0.518. The third-order valence-corrected chi connectivity index (χ3v) is 7.66. The fourth-order valence-corrected chi connectivity index (χ4v) is 5.55. The second-order valence-electron chi connectivity index (χ2n) is 8.44. The predicted octanol–water partition coefficient (Wildman–Crippen LogP) is 5.27. The fraction of sp³-hybridized carbons (Fsp3) is 0.269. The summed E-state index contributed by atoms with van der Waals surface area (Å²) >= 11 is 0. The minimum Gasteiger partial charge on any atom is -0.356 e. The first-order valence-electron chi connectivity index (χ1n) is 11.2. The number of amides is 1. The summed E-state index contributed by atoms with van der Waals surface area (Å²) in [6, 6.07) is 23.8. The molecule has 1 heterocycles. The molecule has 3 aromatic rings. The van der Waals surface area contributed by atoms with Crippen LogP contribution in [-0.2, 0) is 10.0 Å². The minimum atomic E-state index is -3.50. The van der Waals surface area contributed by atoms with Gasteiger partial charge >= 0.3 is 0 Å². The second-order valence-corrected chi connectivity index (χ2v) is 10.4. The maximum Gasteiger partial charge on any atom is 0.258 e. The van der Waals surface area contributed by atoms with Crippen LogP contribution in [0.15, 0.2) is 83.8 Å². The molecule has 0 bridgehead atoms. The number of benzene rings is 3. The summed E-state index contributed by atoms with van der Waals surface area (Å²) in [6.45, 7) is 5.03. The van der Waals surface area contributed by atoms with Crippen LogP contribution >= 0.6 is 0 Å². The van der Waals surface area contributed by atoms with Crippen molar-refractivity contribution >= 4 is 33.0 Å². The highest BCUT2D eigenvalue weighted by atomic mass is 32.2. The topological polar surface area (TPSA) is 69.7 Å². The highest BCUT2D eigenvalue weighted by Gasteiger charge is 2.28. The SMILES string of the molecule is CC(C)N(C(=O)c1ccc(S(=O)(=O)N2CCCC2)cc1)c1ccc(Nc2ccccc2)cc1. The standard InChI is InChI=1S/C26H29N3O3S/c1-20(2)29(24-14-12-23(13-15-24)27-22-8-4-3-5-9-22)26(30)21-10-16-25(17-11-21)33(31,32)28-18-6-7-19-28/h3-5,8-17,20,27H,6-7,18-19H2,1-2H3. The van der Waals surface area contributed by atoms with E-state index in [9.17, 15) is 13.2 Å². The highest BCUT2D eigenvalue weighted by Crippen LogP contribution is 2.26. The van der Waals surface area contributed by atoms with Gasteiger partial charge in [0.2, 0.25) is 10.0 Å². The van der Waals surface area contributed by atoms with E-state index in [1.54, 1.807) is 17.0 Å². The molecule has 33 heavy (non-hydrogen) atoms. The number of sulfonamides is 1. The van der Waals surface area contributed by atoms with E-state index in [2.05, 4.69) is 5.32 Å². The van der Waals surface area contributed by atoms with Crippen LogP contribution in [0.2, 0.25) is 0 Å². The Morgan fingerprint density at radius 3 is 2.00 bits per heavy atom. The van der Waals surface area contributed by atoms with Crippen LogP contribution in [0, 0.1) is 0 Å². The Labute approximate surface area is 195 Å². The molecule has 1 saturated heterocycles. The first-order valence-corrected chi connectivity index (χ1v) is 12.7. The van der Waals surface area contributed by atoms with Crippen LogP contribution in [-0.4, -0.2) is 37.8 Å².